The first-order valence-electron chi connectivity index (χ1n) is 6.18. The standard InChI is InChI=1S/C13H12ClFN4O/c1-8-16-11(18-20-8)5-6-19-10-4-2-3-9(15)13(10)17-12(19)7-14/h2-4H,5-7H2,1H3. The van der Waals surface area contributed by atoms with Gasteiger partial charge in [-0.2, -0.15) is 4.98 Å². The molecule has 7 heteroatoms. The van der Waals surface area contributed by atoms with E-state index in [0.717, 1.165) is 5.52 Å². The van der Waals surface area contributed by atoms with Crippen molar-refractivity contribution in [3.63, 3.8) is 0 Å². The van der Waals surface area contributed by atoms with Crippen molar-refractivity contribution < 1.29 is 8.91 Å². The lowest BCUT2D eigenvalue weighted by Gasteiger charge is -2.05. The van der Waals surface area contributed by atoms with E-state index in [1.54, 1.807) is 13.0 Å². The highest BCUT2D eigenvalue weighted by atomic mass is 35.5. The number of benzene rings is 1. The lowest BCUT2D eigenvalue weighted by molar-refractivity contribution is 0.386. The molecule has 0 N–H and O–H groups in total. The lowest BCUT2D eigenvalue weighted by Crippen LogP contribution is -2.06. The second kappa shape index (κ2) is 5.20. The fourth-order valence-corrected chi connectivity index (χ4v) is 2.37. The highest BCUT2D eigenvalue weighted by Gasteiger charge is 2.13. The Morgan fingerprint density at radius 2 is 2.20 bits per heavy atom. The molecule has 0 fully saturated rings. The Bertz CT molecular complexity index is 752. The molecule has 0 spiro atoms. The van der Waals surface area contributed by atoms with E-state index < -0.39 is 0 Å². The number of aryl methyl sites for hydroxylation is 3. The van der Waals surface area contributed by atoms with E-state index in [0.29, 0.717) is 36.0 Å². The Balaban J connectivity index is 1.95. The summed E-state index contributed by atoms with van der Waals surface area (Å²) >= 11 is 5.89. The number of imidazole rings is 1. The number of nitrogens with zero attached hydrogens (tertiary/aromatic N) is 4. The first-order valence-corrected chi connectivity index (χ1v) is 6.71. The second-order valence-electron chi connectivity index (χ2n) is 4.40. The van der Waals surface area contributed by atoms with E-state index in [-0.39, 0.29) is 11.7 Å². The van der Waals surface area contributed by atoms with Crippen LogP contribution in [0.2, 0.25) is 0 Å². The maximum Gasteiger partial charge on any atom is 0.223 e. The number of hydrogen-bond acceptors (Lipinski definition) is 4. The molecule has 104 valence electrons. The van der Waals surface area contributed by atoms with Crippen LogP contribution in [0, 0.1) is 12.7 Å². The van der Waals surface area contributed by atoms with Crippen LogP contribution in [0.1, 0.15) is 17.5 Å². The van der Waals surface area contributed by atoms with Crippen LogP contribution < -0.4 is 0 Å². The number of para-hydroxylation sites is 1. The van der Waals surface area contributed by atoms with Crippen LogP contribution in [0.25, 0.3) is 11.0 Å². The lowest BCUT2D eigenvalue weighted by atomic mass is 10.3. The molecule has 2 heterocycles. The first-order chi connectivity index (χ1) is 9.69. The van der Waals surface area contributed by atoms with Gasteiger partial charge in [-0.1, -0.05) is 11.2 Å². The molecule has 2 aromatic heterocycles. The number of fused-ring (bicyclic) bond motifs is 1. The minimum absolute atomic E-state index is 0.222. The van der Waals surface area contributed by atoms with Gasteiger partial charge in [0.1, 0.15) is 11.3 Å². The molecule has 0 unspecified atom stereocenters. The van der Waals surface area contributed by atoms with Gasteiger partial charge in [0.05, 0.1) is 11.4 Å². The molecule has 1 aromatic carbocycles. The molecule has 0 aliphatic heterocycles. The van der Waals surface area contributed by atoms with Crippen LogP contribution in [0.15, 0.2) is 22.7 Å². The van der Waals surface area contributed by atoms with Crippen molar-refractivity contribution in [2.45, 2.75) is 25.8 Å². The predicted molar refractivity (Wildman–Crippen MR) is 72.0 cm³/mol. The van der Waals surface area contributed by atoms with E-state index in [1.807, 2.05) is 10.6 Å². The minimum atomic E-state index is -0.344. The SMILES string of the molecule is Cc1nc(CCn2c(CCl)nc3c(F)cccc32)no1. The number of aromatic nitrogens is 4. The van der Waals surface area contributed by atoms with Crippen molar-refractivity contribution in [2.24, 2.45) is 0 Å². The summed E-state index contributed by atoms with van der Waals surface area (Å²) in [6.45, 7) is 2.31. The molecule has 0 bridgehead atoms. The topological polar surface area (TPSA) is 56.7 Å². The van der Waals surface area contributed by atoms with Gasteiger partial charge in [0, 0.05) is 19.9 Å². The quantitative estimate of drug-likeness (QED) is 0.694. The summed E-state index contributed by atoms with van der Waals surface area (Å²) in [5.41, 5.74) is 1.06. The van der Waals surface area contributed by atoms with Crippen LogP contribution >= 0.6 is 11.6 Å². The Labute approximate surface area is 119 Å². The summed E-state index contributed by atoms with van der Waals surface area (Å²) in [6, 6.07) is 4.87. The molecular formula is C13H12ClFN4O. The molecule has 0 atom stereocenters. The molecule has 20 heavy (non-hydrogen) atoms. The van der Waals surface area contributed by atoms with Gasteiger partial charge in [-0.25, -0.2) is 9.37 Å². The van der Waals surface area contributed by atoms with Crippen molar-refractivity contribution in [3.8, 4) is 0 Å². The number of rotatable bonds is 4. The zero-order chi connectivity index (χ0) is 14.1. The molecule has 3 rings (SSSR count). The number of halogens is 2. The highest BCUT2D eigenvalue weighted by molar-refractivity contribution is 6.16. The van der Waals surface area contributed by atoms with Crippen molar-refractivity contribution in [3.05, 3.63) is 41.6 Å². The zero-order valence-corrected chi connectivity index (χ0v) is 11.6. The summed E-state index contributed by atoms with van der Waals surface area (Å²) < 4.78 is 20.5. The number of hydrogen-bond donors (Lipinski definition) is 0. The molecule has 0 saturated heterocycles. The average Bonchev–Trinajstić information content (AvgIpc) is 3.01. The molecular weight excluding hydrogens is 283 g/mol. The molecule has 0 radical (unpaired) electrons. The summed E-state index contributed by atoms with van der Waals surface area (Å²) in [5, 5.41) is 3.84. The Kier molecular flexibility index (Phi) is 3.40. The van der Waals surface area contributed by atoms with E-state index in [9.17, 15) is 4.39 Å². The van der Waals surface area contributed by atoms with E-state index in [2.05, 4.69) is 15.1 Å². The summed E-state index contributed by atoms with van der Waals surface area (Å²) in [5.74, 6) is 1.65. The fourth-order valence-electron chi connectivity index (χ4n) is 2.17. The summed E-state index contributed by atoms with van der Waals surface area (Å²) in [7, 11) is 0. The van der Waals surface area contributed by atoms with Gasteiger partial charge in [0.15, 0.2) is 11.6 Å². The van der Waals surface area contributed by atoms with Gasteiger partial charge in [-0.15, -0.1) is 11.6 Å². The Morgan fingerprint density at radius 3 is 2.90 bits per heavy atom. The maximum atomic E-state index is 13.7. The van der Waals surface area contributed by atoms with Crippen LogP contribution in [0.4, 0.5) is 4.39 Å². The third-order valence-corrected chi connectivity index (χ3v) is 3.30. The van der Waals surface area contributed by atoms with Crippen LogP contribution in [0.5, 0.6) is 0 Å². The van der Waals surface area contributed by atoms with Gasteiger partial charge < -0.3 is 9.09 Å². The molecule has 5 nitrogen and oxygen atoms in total. The average molecular weight is 295 g/mol. The minimum Gasteiger partial charge on any atom is -0.340 e. The normalized spacial score (nSPS) is 11.3. The van der Waals surface area contributed by atoms with Gasteiger partial charge in [-0.05, 0) is 12.1 Å². The smallest absolute Gasteiger partial charge is 0.223 e. The Hall–Kier alpha value is -1.95. The summed E-state index contributed by atoms with van der Waals surface area (Å²) in [6.07, 6.45) is 0.573. The van der Waals surface area contributed by atoms with Gasteiger partial charge in [0.2, 0.25) is 5.89 Å². The molecule has 0 aliphatic carbocycles. The monoisotopic (exact) mass is 294 g/mol. The molecule has 0 saturated carbocycles. The van der Waals surface area contributed by atoms with Gasteiger partial charge in [-0.3, -0.25) is 0 Å². The van der Waals surface area contributed by atoms with Crippen molar-refractivity contribution in [1.82, 2.24) is 19.7 Å². The molecule has 0 aliphatic rings. The molecule has 3 aromatic rings. The van der Waals surface area contributed by atoms with E-state index >= 15 is 0 Å². The van der Waals surface area contributed by atoms with Crippen LogP contribution in [-0.2, 0) is 18.8 Å². The first kappa shape index (κ1) is 13.1. The predicted octanol–water partition coefficient (Wildman–Crippen LogP) is 2.85. The Morgan fingerprint density at radius 1 is 1.35 bits per heavy atom. The maximum absolute atomic E-state index is 13.7. The van der Waals surface area contributed by atoms with Gasteiger partial charge in [0.25, 0.3) is 0 Å². The fraction of sp³-hybridized carbons (Fsp3) is 0.308. The molecule has 0 amide bonds. The third-order valence-electron chi connectivity index (χ3n) is 3.06. The van der Waals surface area contributed by atoms with Crippen molar-refractivity contribution >= 4 is 22.6 Å². The van der Waals surface area contributed by atoms with Crippen LogP contribution in [-0.4, -0.2) is 19.7 Å². The van der Waals surface area contributed by atoms with Crippen molar-refractivity contribution in [2.75, 3.05) is 0 Å². The second-order valence-corrected chi connectivity index (χ2v) is 4.67. The van der Waals surface area contributed by atoms with Gasteiger partial charge >= 0.3 is 0 Å². The number of alkyl halides is 1. The van der Waals surface area contributed by atoms with E-state index in [1.165, 1.54) is 6.07 Å². The highest BCUT2D eigenvalue weighted by Crippen LogP contribution is 2.20. The third kappa shape index (κ3) is 2.27. The van der Waals surface area contributed by atoms with Crippen LogP contribution in [0.3, 0.4) is 0 Å². The largest absolute Gasteiger partial charge is 0.340 e. The van der Waals surface area contributed by atoms with E-state index in [4.69, 9.17) is 16.1 Å². The summed E-state index contributed by atoms with van der Waals surface area (Å²) in [4.78, 5) is 8.38. The van der Waals surface area contributed by atoms with Crippen molar-refractivity contribution in [1.29, 1.82) is 0 Å². The zero-order valence-electron chi connectivity index (χ0n) is 10.8.